The highest BCUT2D eigenvalue weighted by atomic mass is 16.5. The SMILES string of the molecule is CN[C@@]12CC#CCOc3cc4c(c5ccc(O)cc35)O[C@H](CCCOC)[C@@H]([C@H]3COc5c(Cc6cc(O)ccc6-c6cccc(O)c6)cc(OC6CCCC6)cc5[C@H]3O)[C@H]4O[C@H]1C[C@@H](O)CC2. The highest BCUT2D eigenvalue weighted by Gasteiger charge is 2.52. The molecule has 67 heavy (non-hydrogen) atoms. The van der Waals surface area contributed by atoms with Crippen molar-refractivity contribution < 1.29 is 54.0 Å². The molecule has 0 unspecified atom stereocenters. The van der Waals surface area contributed by atoms with E-state index >= 15 is 0 Å². The van der Waals surface area contributed by atoms with Crippen LogP contribution in [0, 0.1) is 23.7 Å². The predicted molar refractivity (Wildman–Crippen MR) is 253 cm³/mol. The van der Waals surface area contributed by atoms with Crippen LogP contribution in [0.1, 0.15) is 98.7 Å². The van der Waals surface area contributed by atoms with Crippen molar-refractivity contribution in [2.24, 2.45) is 11.8 Å². The van der Waals surface area contributed by atoms with Crippen molar-refractivity contribution in [3.63, 3.8) is 0 Å². The van der Waals surface area contributed by atoms with Crippen LogP contribution >= 0.6 is 0 Å². The van der Waals surface area contributed by atoms with Gasteiger partial charge in [0, 0.05) is 72.3 Å². The molecule has 5 aromatic rings. The van der Waals surface area contributed by atoms with Crippen LogP contribution in [0.5, 0.6) is 40.2 Å². The maximum absolute atomic E-state index is 13.1. The summed E-state index contributed by atoms with van der Waals surface area (Å²) in [6, 6.07) is 23.3. The lowest BCUT2D eigenvalue weighted by Crippen LogP contribution is -2.59. The summed E-state index contributed by atoms with van der Waals surface area (Å²) in [6.45, 7) is 0.762. The van der Waals surface area contributed by atoms with E-state index in [-0.39, 0.29) is 36.6 Å². The minimum atomic E-state index is -1.06. The van der Waals surface area contributed by atoms with Gasteiger partial charge in [0.2, 0.25) is 0 Å². The number of phenols is 3. The van der Waals surface area contributed by atoms with Gasteiger partial charge in [0.15, 0.2) is 0 Å². The molecule has 3 aliphatic heterocycles. The first-order valence-electron chi connectivity index (χ1n) is 23.9. The third-order valence-electron chi connectivity index (χ3n) is 15.0. The number of methoxy groups -OCH3 is 1. The van der Waals surface area contributed by atoms with Crippen LogP contribution in [0.3, 0.4) is 0 Å². The topological polar surface area (TPSA) is 169 Å². The zero-order valence-electron chi connectivity index (χ0n) is 38.2. The molecule has 0 aromatic heterocycles. The summed E-state index contributed by atoms with van der Waals surface area (Å²) in [7, 11) is 3.61. The van der Waals surface area contributed by atoms with Gasteiger partial charge in [0.25, 0.3) is 0 Å². The van der Waals surface area contributed by atoms with E-state index in [1.807, 2.05) is 43.4 Å². The van der Waals surface area contributed by atoms with Crippen LogP contribution in [0.2, 0.25) is 0 Å². The Morgan fingerprint density at radius 1 is 0.821 bits per heavy atom. The largest absolute Gasteiger partial charge is 0.508 e. The standard InChI is InChI=1S/C55H61NO11/c1-56-55-19-5-6-22-63-48-30-45-53(42-17-15-37(59)27-43(42)48)66-47(13-8-21-62-2)50(54(45)67-49(55)28-38(60)18-20-55)46-31-64-52-34(26-40(29-44(52)51(46)61)65-39-11-3-4-12-39)23-33-25-36(58)14-16-41(33)32-9-7-10-35(57)24-32/h7,9-10,14-17,24-27,29-30,38-39,46-47,49-51,54,56-61H,3-4,8,11-13,18-23,28,31H2,1-2H3/t38-,46+,47+,49-,50+,51+,54-,55+/m0/s1. The smallest absolute Gasteiger partial charge is 0.149 e. The highest BCUT2D eigenvalue weighted by molar-refractivity contribution is 5.96. The van der Waals surface area contributed by atoms with E-state index in [0.29, 0.717) is 85.5 Å². The average molecular weight is 912 g/mol. The van der Waals surface area contributed by atoms with E-state index in [4.69, 9.17) is 28.4 Å². The number of likely N-dealkylation sites (N-methyl/N-ethyl adjacent to an activating group) is 1. The Hall–Kier alpha value is -5.68. The molecule has 12 nitrogen and oxygen atoms in total. The first-order valence-corrected chi connectivity index (χ1v) is 23.9. The van der Waals surface area contributed by atoms with Crippen LogP contribution in [0.4, 0.5) is 0 Å². The van der Waals surface area contributed by atoms with Crippen molar-refractivity contribution in [1.82, 2.24) is 5.32 Å². The molecule has 3 heterocycles. The van der Waals surface area contributed by atoms with E-state index in [2.05, 4.69) is 17.2 Å². The van der Waals surface area contributed by atoms with Crippen molar-refractivity contribution in [2.45, 2.75) is 113 Å². The number of fused-ring (bicyclic) bond motifs is 6. The molecule has 2 aliphatic carbocycles. The van der Waals surface area contributed by atoms with Crippen LogP contribution in [-0.2, 0) is 15.9 Å². The van der Waals surface area contributed by atoms with Crippen molar-refractivity contribution >= 4 is 10.8 Å². The Bertz CT molecular complexity index is 2670. The van der Waals surface area contributed by atoms with Crippen molar-refractivity contribution in [3.8, 4) is 63.2 Å². The summed E-state index contributed by atoms with van der Waals surface area (Å²) in [5.41, 5.74) is 4.03. The molecule has 8 atom stereocenters. The molecule has 0 radical (unpaired) electrons. The van der Waals surface area contributed by atoms with Crippen LogP contribution in [0.25, 0.3) is 21.9 Å². The highest BCUT2D eigenvalue weighted by Crippen LogP contribution is 2.56. The minimum absolute atomic E-state index is 0.0427. The Morgan fingerprint density at radius 3 is 2.46 bits per heavy atom. The van der Waals surface area contributed by atoms with Gasteiger partial charge in [0.05, 0.1) is 42.7 Å². The van der Waals surface area contributed by atoms with Gasteiger partial charge in [-0.3, -0.25) is 0 Å². The van der Waals surface area contributed by atoms with Gasteiger partial charge >= 0.3 is 0 Å². The fourth-order valence-corrected chi connectivity index (χ4v) is 11.5. The zero-order valence-corrected chi connectivity index (χ0v) is 38.2. The second-order valence-electron chi connectivity index (χ2n) is 19.1. The number of hydrogen-bond acceptors (Lipinski definition) is 12. The molecular weight excluding hydrogens is 851 g/mol. The fraction of sp³-hybridized carbons (Fsp3) is 0.455. The van der Waals surface area contributed by atoms with Gasteiger partial charge in [-0.1, -0.05) is 30.0 Å². The van der Waals surface area contributed by atoms with Gasteiger partial charge in [-0.05, 0) is 136 Å². The van der Waals surface area contributed by atoms with Crippen molar-refractivity contribution in [2.75, 3.05) is 34.0 Å². The Morgan fingerprint density at radius 2 is 1.64 bits per heavy atom. The molecule has 6 N–H and O–H groups in total. The Balaban J connectivity index is 1.11. The maximum atomic E-state index is 13.1. The molecule has 10 rings (SSSR count). The molecule has 0 spiro atoms. The average Bonchev–Trinajstić information content (AvgIpc) is 3.83. The van der Waals surface area contributed by atoms with Gasteiger partial charge < -0.3 is 59.3 Å². The molecule has 5 aromatic carbocycles. The molecular formula is C55H61NO11. The molecule has 5 aliphatic rings. The van der Waals surface area contributed by atoms with Crippen LogP contribution in [-0.4, -0.2) is 89.5 Å². The predicted octanol–water partition coefficient (Wildman–Crippen LogP) is 8.80. The van der Waals surface area contributed by atoms with Gasteiger partial charge in [0.1, 0.15) is 53.0 Å². The lowest BCUT2D eigenvalue weighted by Gasteiger charge is -2.51. The zero-order chi connectivity index (χ0) is 46.2. The summed E-state index contributed by atoms with van der Waals surface area (Å²) in [6.07, 6.45) is 4.54. The number of phenolic OH excluding ortho intramolecular Hbond substituents is 3. The second kappa shape index (κ2) is 19.1. The molecule has 0 saturated heterocycles. The van der Waals surface area contributed by atoms with E-state index < -0.39 is 47.9 Å². The summed E-state index contributed by atoms with van der Waals surface area (Å²) in [5.74, 6) is 8.21. The number of hydrogen-bond donors (Lipinski definition) is 6. The van der Waals surface area contributed by atoms with Gasteiger partial charge in [-0.2, -0.15) is 0 Å². The minimum Gasteiger partial charge on any atom is -0.508 e. The Kier molecular flexibility index (Phi) is 12.9. The summed E-state index contributed by atoms with van der Waals surface area (Å²) >= 11 is 0. The third kappa shape index (κ3) is 8.96. The van der Waals surface area contributed by atoms with E-state index in [0.717, 1.165) is 58.9 Å². The number of benzene rings is 5. The molecule has 2 fully saturated rings. The quantitative estimate of drug-likeness (QED) is 0.0552. The summed E-state index contributed by atoms with van der Waals surface area (Å²) < 4.78 is 40.5. The molecule has 0 amide bonds. The lowest BCUT2D eigenvalue weighted by atomic mass is 9.71. The number of ether oxygens (including phenoxy) is 6. The lowest BCUT2D eigenvalue weighted by molar-refractivity contribution is -0.166. The van der Waals surface area contributed by atoms with Crippen molar-refractivity contribution in [1.29, 1.82) is 0 Å². The third-order valence-corrected chi connectivity index (χ3v) is 15.0. The number of aliphatic hydroxyl groups excluding tert-OH is 2. The number of rotatable bonds is 11. The fourth-order valence-electron chi connectivity index (χ4n) is 11.5. The van der Waals surface area contributed by atoms with Gasteiger partial charge in [-0.15, -0.1) is 0 Å². The van der Waals surface area contributed by atoms with Crippen LogP contribution < -0.4 is 24.3 Å². The Labute approximate surface area is 391 Å². The van der Waals surface area contributed by atoms with E-state index in [9.17, 15) is 25.5 Å². The second-order valence-corrected chi connectivity index (χ2v) is 19.1. The van der Waals surface area contributed by atoms with E-state index in [1.54, 1.807) is 49.6 Å². The maximum Gasteiger partial charge on any atom is 0.149 e. The van der Waals surface area contributed by atoms with Gasteiger partial charge in [-0.25, -0.2) is 0 Å². The normalized spacial score (nSPS) is 26.9. The summed E-state index contributed by atoms with van der Waals surface area (Å²) in [5, 5.41) is 61.4. The molecule has 12 heteroatoms. The first-order chi connectivity index (χ1) is 32.6. The molecule has 2 saturated carbocycles. The first kappa shape index (κ1) is 45.1. The van der Waals surface area contributed by atoms with E-state index in [1.165, 1.54) is 0 Å². The summed E-state index contributed by atoms with van der Waals surface area (Å²) in [4.78, 5) is 0. The van der Waals surface area contributed by atoms with Crippen molar-refractivity contribution in [3.05, 3.63) is 101 Å². The number of aromatic hydroxyl groups is 3. The molecule has 2 bridgehead atoms. The van der Waals surface area contributed by atoms with Crippen LogP contribution in [0.15, 0.2) is 78.9 Å². The number of aliphatic hydroxyl groups is 2. The molecule has 352 valence electrons. The number of nitrogens with one attached hydrogen (secondary N) is 1. The monoisotopic (exact) mass is 911 g/mol.